The molecule has 2 heterocycles. The lowest BCUT2D eigenvalue weighted by Gasteiger charge is -2.14. The molecule has 1 aromatic heterocycles. The number of hydrogen-bond acceptors (Lipinski definition) is 6. The maximum absolute atomic E-state index is 12.4. The number of carbonyl (C=O) groups is 4. The first kappa shape index (κ1) is 20.8. The van der Waals surface area contributed by atoms with Crippen LogP contribution in [0.1, 0.15) is 29.7 Å². The first-order chi connectivity index (χ1) is 14.3. The summed E-state index contributed by atoms with van der Waals surface area (Å²) in [5.74, 6) is -2.10. The summed E-state index contributed by atoms with van der Waals surface area (Å²) in [5.41, 5.74) is 2.58. The average Bonchev–Trinajstić information content (AvgIpc) is 3.17. The molecule has 0 atom stereocenters. The van der Waals surface area contributed by atoms with E-state index in [1.54, 1.807) is 11.5 Å². The molecular formula is C21H20N4O5. The summed E-state index contributed by atoms with van der Waals surface area (Å²) in [4.78, 5) is 48.3. The molecule has 9 nitrogen and oxygen atoms in total. The number of nitrogens with one attached hydrogen (secondary N) is 1. The third-order valence-electron chi connectivity index (χ3n) is 4.90. The van der Waals surface area contributed by atoms with E-state index in [-0.39, 0.29) is 18.7 Å². The highest BCUT2D eigenvalue weighted by atomic mass is 16.5. The number of benzene rings is 1. The Bertz CT molecular complexity index is 1050. The lowest BCUT2D eigenvalue weighted by Crippen LogP contribution is -2.36. The van der Waals surface area contributed by atoms with Crippen molar-refractivity contribution in [2.24, 2.45) is 0 Å². The van der Waals surface area contributed by atoms with Crippen molar-refractivity contribution in [3.63, 3.8) is 0 Å². The number of aromatic nitrogens is 1. The molecule has 30 heavy (non-hydrogen) atoms. The molecular weight excluding hydrogens is 388 g/mol. The molecule has 2 aromatic rings. The first-order valence-corrected chi connectivity index (χ1v) is 9.29. The van der Waals surface area contributed by atoms with Crippen LogP contribution in [0, 0.1) is 25.2 Å². The summed E-state index contributed by atoms with van der Waals surface area (Å²) >= 11 is 0. The van der Waals surface area contributed by atoms with E-state index in [2.05, 4.69) is 11.4 Å². The fourth-order valence-electron chi connectivity index (χ4n) is 3.25. The number of esters is 1. The maximum atomic E-state index is 12.4. The van der Waals surface area contributed by atoms with E-state index in [9.17, 15) is 24.4 Å². The van der Waals surface area contributed by atoms with E-state index in [1.165, 1.54) is 0 Å². The number of nitrogens with zero attached hydrogens (tertiary/aromatic N) is 3. The molecule has 0 bridgehead atoms. The monoisotopic (exact) mass is 408 g/mol. The Hall–Kier alpha value is -3.93. The molecule has 1 N–H and O–H groups in total. The van der Waals surface area contributed by atoms with Crippen LogP contribution in [0.4, 0.5) is 5.82 Å². The summed E-state index contributed by atoms with van der Waals surface area (Å²) < 4.78 is 6.65. The zero-order chi connectivity index (χ0) is 21.8. The van der Waals surface area contributed by atoms with Gasteiger partial charge in [-0.2, -0.15) is 5.26 Å². The highest BCUT2D eigenvalue weighted by Gasteiger charge is 2.31. The molecule has 1 aromatic carbocycles. The number of rotatable bonds is 6. The van der Waals surface area contributed by atoms with Gasteiger partial charge in [0.15, 0.2) is 6.61 Å². The fraction of sp³-hybridized carbons (Fsp3) is 0.286. The molecule has 3 amide bonds. The zero-order valence-electron chi connectivity index (χ0n) is 16.6. The molecule has 0 spiro atoms. The summed E-state index contributed by atoms with van der Waals surface area (Å²) in [5, 5.41) is 12.2. The Morgan fingerprint density at radius 2 is 1.77 bits per heavy atom. The van der Waals surface area contributed by atoms with Crippen LogP contribution in [-0.4, -0.2) is 46.3 Å². The van der Waals surface area contributed by atoms with Gasteiger partial charge in [0, 0.05) is 24.2 Å². The van der Waals surface area contributed by atoms with Crippen LogP contribution >= 0.6 is 0 Å². The van der Waals surface area contributed by atoms with Gasteiger partial charge < -0.3 is 10.1 Å². The van der Waals surface area contributed by atoms with Crippen LogP contribution in [0.2, 0.25) is 0 Å². The number of carbonyl (C=O) groups excluding carboxylic acids is 4. The predicted octanol–water partition coefficient (Wildman–Crippen LogP) is 1.60. The normalized spacial score (nSPS) is 13.3. The number of nitriles is 1. The Morgan fingerprint density at radius 1 is 1.13 bits per heavy atom. The summed E-state index contributed by atoms with van der Waals surface area (Å²) in [6, 6.07) is 11.3. The third kappa shape index (κ3) is 4.07. The SMILES string of the molecule is Cc1c(C#N)c(NC(=O)COC(=O)CN2C(=O)CCC2=O)n(-c2ccccc2)c1C. The minimum Gasteiger partial charge on any atom is -0.454 e. The van der Waals surface area contributed by atoms with Crippen molar-refractivity contribution in [3.8, 4) is 11.8 Å². The molecule has 1 fully saturated rings. The Balaban J connectivity index is 1.72. The molecule has 154 valence electrons. The van der Waals surface area contributed by atoms with Gasteiger partial charge in [-0.1, -0.05) is 18.2 Å². The van der Waals surface area contributed by atoms with Crippen molar-refractivity contribution in [3.05, 3.63) is 47.2 Å². The fourth-order valence-corrected chi connectivity index (χ4v) is 3.25. The van der Waals surface area contributed by atoms with Crippen molar-refractivity contribution < 1.29 is 23.9 Å². The molecule has 1 aliphatic rings. The molecule has 9 heteroatoms. The van der Waals surface area contributed by atoms with Crippen LogP contribution in [-0.2, 0) is 23.9 Å². The Kier molecular flexibility index (Phi) is 5.97. The largest absolute Gasteiger partial charge is 0.454 e. The highest BCUT2D eigenvalue weighted by Crippen LogP contribution is 2.29. The first-order valence-electron chi connectivity index (χ1n) is 9.29. The van der Waals surface area contributed by atoms with Gasteiger partial charge in [-0.15, -0.1) is 0 Å². The van der Waals surface area contributed by atoms with Gasteiger partial charge in [-0.05, 0) is 31.5 Å². The van der Waals surface area contributed by atoms with Gasteiger partial charge >= 0.3 is 5.97 Å². The molecule has 0 saturated carbocycles. The van der Waals surface area contributed by atoms with Crippen molar-refractivity contribution >= 4 is 29.5 Å². The second-order valence-electron chi connectivity index (χ2n) is 6.80. The number of anilines is 1. The number of likely N-dealkylation sites (tertiary alicyclic amines) is 1. The van der Waals surface area contributed by atoms with Crippen LogP contribution in [0.3, 0.4) is 0 Å². The number of amides is 3. The zero-order valence-corrected chi connectivity index (χ0v) is 16.6. The summed E-state index contributed by atoms with van der Waals surface area (Å²) in [6.07, 6.45) is 0.136. The lowest BCUT2D eigenvalue weighted by molar-refractivity contribution is -0.153. The van der Waals surface area contributed by atoms with Gasteiger partial charge in [-0.3, -0.25) is 28.6 Å². The maximum Gasteiger partial charge on any atom is 0.326 e. The molecule has 3 rings (SSSR count). The van der Waals surface area contributed by atoms with E-state index in [1.807, 2.05) is 37.3 Å². The lowest BCUT2D eigenvalue weighted by atomic mass is 10.2. The van der Waals surface area contributed by atoms with E-state index >= 15 is 0 Å². The Morgan fingerprint density at radius 3 is 2.37 bits per heavy atom. The number of imide groups is 1. The van der Waals surface area contributed by atoms with Crippen molar-refractivity contribution in [2.45, 2.75) is 26.7 Å². The van der Waals surface area contributed by atoms with E-state index in [0.29, 0.717) is 5.56 Å². The molecule has 0 aliphatic carbocycles. The highest BCUT2D eigenvalue weighted by molar-refractivity contribution is 6.04. The van der Waals surface area contributed by atoms with Gasteiger partial charge in [0.25, 0.3) is 5.91 Å². The minimum atomic E-state index is -0.861. The van der Waals surface area contributed by atoms with Crippen molar-refractivity contribution in [2.75, 3.05) is 18.5 Å². The number of para-hydroxylation sites is 1. The van der Waals surface area contributed by atoms with Crippen molar-refractivity contribution in [1.29, 1.82) is 5.26 Å². The number of ether oxygens (including phenoxy) is 1. The van der Waals surface area contributed by atoms with Gasteiger partial charge in [-0.25, -0.2) is 0 Å². The van der Waals surface area contributed by atoms with Gasteiger partial charge in [0.05, 0.1) is 5.56 Å². The number of hydrogen-bond donors (Lipinski definition) is 1. The van der Waals surface area contributed by atoms with E-state index in [0.717, 1.165) is 21.8 Å². The van der Waals surface area contributed by atoms with E-state index in [4.69, 9.17) is 4.74 Å². The average molecular weight is 408 g/mol. The smallest absolute Gasteiger partial charge is 0.326 e. The van der Waals surface area contributed by atoms with Crippen LogP contribution in [0.15, 0.2) is 30.3 Å². The van der Waals surface area contributed by atoms with Gasteiger partial charge in [0.1, 0.15) is 18.4 Å². The third-order valence-corrected chi connectivity index (χ3v) is 4.90. The Labute approximate surface area is 172 Å². The quantitative estimate of drug-likeness (QED) is 0.572. The topological polar surface area (TPSA) is 122 Å². The standard InChI is InChI=1S/C21H20N4O5/c1-13-14(2)25(15-6-4-3-5-7-15)21(16(13)10-22)23-17(26)12-30-20(29)11-24-18(27)8-9-19(24)28/h3-7H,8-9,11-12H2,1-2H3,(H,23,26). The summed E-state index contributed by atoms with van der Waals surface area (Å²) in [7, 11) is 0. The van der Waals surface area contributed by atoms with Crippen LogP contribution < -0.4 is 5.32 Å². The second-order valence-corrected chi connectivity index (χ2v) is 6.80. The molecule has 1 saturated heterocycles. The van der Waals surface area contributed by atoms with Crippen LogP contribution in [0.5, 0.6) is 0 Å². The minimum absolute atomic E-state index is 0.0682. The van der Waals surface area contributed by atoms with Crippen molar-refractivity contribution in [1.82, 2.24) is 9.47 Å². The second kappa shape index (κ2) is 8.61. The van der Waals surface area contributed by atoms with E-state index < -0.39 is 36.8 Å². The molecule has 0 radical (unpaired) electrons. The van der Waals surface area contributed by atoms with Crippen LogP contribution in [0.25, 0.3) is 5.69 Å². The summed E-state index contributed by atoms with van der Waals surface area (Å²) in [6.45, 7) is 2.49. The molecule has 0 unspecified atom stereocenters. The predicted molar refractivity (Wildman–Crippen MR) is 106 cm³/mol. The van der Waals surface area contributed by atoms with Gasteiger partial charge in [0.2, 0.25) is 11.8 Å². The molecule has 1 aliphatic heterocycles.